The van der Waals surface area contributed by atoms with E-state index in [0.29, 0.717) is 28.1 Å². The van der Waals surface area contributed by atoms with Crippen molar-refractivity contribution >= 4 is 32.6 Å². The van der Waals surface area contributed by atoms with Crippen LogP contribution in [0.1, 0.15) is 27.6 Å². The summed E-state index contributed by atoms with van der Waals surface area (Å²) in [6, 6.07) is 18.6. The molecule has 9 heteroatoms. The molecule has 2 aromatic heterocycles. The number of ketones is 1. The fourth-order valence-electron chi connectivity index (χ4n) is 4.22. The highest BCUT2D eigenvalue weighted by molar-refractivity contribution is 7.89. The maximum absolute atomic E-state index is 13.5. The van der Waals surface area contributed by atoms with Crippen molar-refractivity contribution in [1.82, 2.24) is 14.2 Å². The van der Waals surface area contributed by atoms with Crippen LogP contribution in [0.3, 0.4) is 0 Å². The molecule has 1 aliphatic rings. The van der Waals surface area contributed by atoms with E-state index in [0.717, 1.165) is 5.39 Å². The van der Waals surface area contributed by atoms with Crippen molar-refractivity contribution in [2.24, 2.45) is 0 Å². The summed E-state index contributed by atoms with van der Waals surface area (Å²) >= 11 is 0. The third-order valence-corrected chi connectivity index (χ3v) is 8.06. The number of carbonyl (C=O) groups is 2. The van der Waals surface area contributed by atoms with Gasteiger partial charge in [0.1, 0.15) is 5.69 Å². The van der Waals surface area contributed by atoms with Crippen LogP contribution in [0.15, 0.2) is 82.3 Å². The first-order chi connectivity index (χ1) is 16.8. The van der Waals surface area contributed by atoms with Gasteiger partial charge in [-0.15, -0.1) is 0 Å². The number of piperazine rings is 1. The maximum Gasteiger partial charge on any atom is 0.254 e. The summed E-state index contributed by atoms with van der Waals surface area (Å²) in [6.07, 6.45) is 1.56. The largest absolute Gasteiger partial charge is 0.463 e. The predicted octanol–water partition coefficient (Wildman–Crippen LogP) is 3.84. The number of furan rings is 1. The van der Waals surface area contributed by atoms with Gasteiger partial charge in [-0.3, -0.25) is 9.59 Å². The summed E-state index contributed by atoms with van der Waals surface area (Å²) in [7, 11) is -3.73. The zero-order chi connectivity index (χ0) is 24.6. The third-order valence-electron chi connectivity index (χ3n) is 6.14. The molecule has 5 rings (SSSR count). The molecule has 178 valence electrons. The molecule has 0 bridgehead atoms. The second-order valence-corrected chi connectivity index (χ2v) is 10.3. The Balaban J connectivity index is 1.37. The summed E-state index contributed by atoms with van der Waals surface area (Å²) in [5, 5.41) is 0.730. The van der Waals surface area contributed by atoms with Crippen LogP contribution < -0.4 is 0 Å². The van der Waals surface area contributed by atoms with Crippen molar-refractivity contribution in [1.29, 1.82) is 0 Å². The van der Waals surface area contributed by atoms with E-state index in [1.807, 2.05) is 24.3 Å². The third kappa shape index (κ3) is 4.36. The zero-order valence-electron chi connectivity index (χ0n) is 19.0. The molecule has 1 amide bonds. The fourth-order valence-corrected chi connectivity index (χ4v) is 5.64. The molecule has 1 saturated heterocycles. The van der Waals surface area contributed by atoms with Gasteiger partial charge in [-0.1, -0.05) is 30.3 Å². The molecule has 0 N–H and O–H groups in total. The van der Waals surface area contributed by atoms with Crippen LogP contribution >= 0.6 is 0 Å². The van der Waals surface area contributed by atoms with Crippen molar-refractivity contribution in [3.8, 4) is 11.5 Å². The van der Waals surface area contributed by atoms with Crippen LogP contribution in [0.25, 0.3) is 22.4 Å². The first-order valence-electron chi connectivity index (χ1n) is 11.2. The number of pyridine rings is 1. The molecule has 0 atom stereocenters. The van der Waals surface area contributed by atoms with Crippen LogP contribution in [0.2, 0.25) is 0 Å². The van der Waals surface area contributed by atoms with Crippen molar-refractivity contribution in [3.05, 3.63) is 84.1 Å². The molecule has 0 spiro atoms. The SMILES string of the molecule is CC(=O)c1ccc(S(=O)(=O)N2CCN(C(=O)c3cc(-c4ccco4)nc4ccccc34)CC2)cc1. The average Bonchev–Trinajstić information content (AvgIpc) is 3.43. The molecule has 1 fully saturated rings. The molecule has 2 aromatic carbocycles. The van der Waals surface area contributed by atoms with Gasteiger partial charge in [0, 0.05) is 37.1 Å². The second-order valence-electron chi connectivity index (χ2n) is 8.33. The molecule has 35 heavy (non-hydrogen) atoms. The van der Waals surface area contributed by atoms with Gasteiger partial charge in [-0.05, 0) is 43.3 Å². The van der Waals surface area contributed by atoms with Gasteiger partial charge in [0.15, 0.2) is 11.5 Å². The maximum atomic E-state index is 13.5. The van der Waals surface area contributed by atoms with Crippen molar-refractivity contribution in [3.63, 3.8) is 0 Å². The molecule has 1 aliphatic heterocycles. The Bertz CT molecular complexity index is 1500. The van der Waals surface area contributed by atoms with Crippen molar-refractivity contribution in [2.75, 3.05) is 26.2 Å². The normalized spacial score (nSPS) is 14.8. The number of carbonyl (C=O) groups excluding carboxylic acids is 2. The predicted molar refractivity (Wildman–Crippen MR) is 131 cm³/mol. The summed E-state index contributed by atoms with van der Waals surface area (Å²) in [4.78, 5) is 31.4. The fraction of sp³-hybridized carbons (Fsp3) is 0.192. The van der Waals surface area contributed by atoms with Crippen LogP contribution in [0.4, 0.5) is 0 Å². The second kappa shape index (κ2) is 9.09. The number of rotatable bonds is 5. The number of nitrogens with zero attached hydrogens (tertiary/aromatic N) is 3. The lowest BCUT2D eigenvalue weighted by molar-refractivity contribution is 0.0699. The zero-order valence-corrected chi connectivity index (χ0v) is 19.9. The van der Waals surface area contributed by atoms with E-state index in [-0.39, 0.29) is 42.8 Å². The minimum Gasteiger partial charge on any atom is -0.463 e. The summed E-state index contributed by atoms with van der Waals surface area (Å²) < 4.78 is 33.0. The van der Waals surface area contributed by atoms with E-state index < -0.39 is 10.0 Å². The summed E-state index contributed by atoms with van der Waals surface area (Å²) in [5.74, 6) is 0.260. The topological polar surface area (TPSA) is 101 Å². The van der Waals surface area contributed by atoms with Gasteiger partial charge in [0.05, 0.1) is 22.2 Å². The van der Waals surface area contributed by atoms with Crippen LogP contribution in [-0.2, 0) is 10.0 Å². The lowest BCUT2D eigenvalue weighted by Crippen LogP contribution is -2.50. The van der Waals surface area contributed by atoms with Gasteiger partial charge in [-0.25, -0.2) is 13.4 Å². The van der Waals surface area contributed by atoms with Crippen LogP contribution in [0, 0.1) is 0 Å². The van der Waals surface area contributed by atoms with E-state index in [1.165, 1.54) is 35.5 Å². The van der Waals surface area contributed by atoms with Gasteiger partial charge in [0.25, 0.3) is 5.91 Å². The Morgan fingerprint density at radius 3 is 2.29 bits per heavy atom. The highest BCUT2D eigenvalue weighted by Crippen LogP contribution is 2.27. The molecule has 0 aliphatic carbocycles. The number of sulfonamides is 1. The molecule has 8 nitrogen and oxygen atoms in total. The lowest BCUT2D eigenvalue weighted by atomic mass is 10.1. The minimum absolute atomic E-state index is 0.125. The van der Waals surface area contributed by atoms with Crippen molar-refractivity contribution < 1.29 is 22.4 Å². The molecule has 3 heterocycles. The number of fused-ring (bicyclic) bond motifs is 1. The molecule has 0 unspecified atom stereocenters. The first-order valence-corrected chi connectivity index (χ1v) is 12.6. The Morgan fingerprint density at radius 1 is 0.914 bits per heavy atom. The molecular formula is C26H23N3O5S. The molecule has 4 aromatic rings. The van der Waals surface area contributed by atoms with Crippen LogP contribution in [-0.4, -0.2) is 60.5 Å². The monoisotopic (exact) mass is 489 g/mol. The highest BCUT2D eigenvalue weighted by atomic mass is 32.2. The Hall–Kier alpha value is -3.82. The molecule has 0 radical (unpaired) electrons. The van der Waals surface area contributed by atoms with Crippen LogP contribution in [0.5, 0.6) is 0 Å². The van der Waals surface area contributed by atoms with Gasteiger partial charge < -0.3 is 9.32 Å². The Labute approximate surface area is 202 Å². The van der Waals surface area contributed by atoms with E-state index in [9.17, 15) is 18.0 Å². The smallest absolute Gasteiger partial charge is 0.254 e. The number of aromatic nitrogens is 1. The Kier molecular flexibility index (Phi) is 5.96. The molecular weight excluding hydrogens is 466 g/mol. The van der Waals surface area contributed by atoms with E-state index >= 15 is 0 Å². The standard InChI is InChI=1S/C26H23N3O5S/c1-18(30)19-8-10-20(11-9-19)35(32,33)29-14-12-28(13-15-29)26(31)22-17-24(25-7-4-16-34-25)27-23-6-3-2-5-21(22)23/h2-11,16-17H,12-15H2,1H3. The van der Waals surface area contributed by atoms with E-state index in [4.69, 9.17) is 4.42 Å². The van der Waals surface area contributed by atoms with Crippen molar-refractivity contribution in [2.45, 2.75) is 11.8 Å². The minimum atomic E-state index is -3.73. The van der Waals surface area contributed by atoms with E-state index in [1.54, 1.807) is 29.4 Å². The summed E-state index contributed by atoms with van der Waals surface area (Å²) in [6.45, 7) is 2.31. The number of hydrogen-bond donors (Lipinski definition) is 0. The lowest BCUT2D eigenvalue weighted by Gasteiger charge is -2.34. The quantitative estimate of drug-likeness (QED) is 0.395. The van der Waals surface area contributed by atoms with Gasteiger partial charge in [0.2, 0.25) is 10.0 Å². The summed E-state index contributed by atoms with van der Waals surface area (Å²) in [5.41, 5.74) is 2.20. The van der Waals surface area contributed by atoms with E-state index in [2.05, 4.69) is 4.98 Å². The number of Topliss-reactive ketones (excluding diaryl/α,β-unsaturated/α-hetero) is 1. The average molecular weight is 490 g/mol. The highest BCUT2D eigenvalue weighted by Gasteiger charge is 2.31. The molecule has 0 saturated carbocycles. The number of amides is 1. The number of hydrogen-bond acceptors (Lipinski definition) is 6. The van der Waals surface area contributed by atoms with Gasteiger partial charge >= 0.3 is 0 Å². The number of para-hydroxylation sites is 1. The van der Waals surface area contributed by atoms with Gasteiger partial charge in [-0.2, -0.15) is 4.31 Å². The first kappa shape index (κ1) is 22.9. The Morgan fingerprint density at radius 2 is 1.63 bits per heavy atom. The number of benzene rings is 2.